The van der Waals surface area contributed by atoms with Crippen molar-refractivity contribution in [2.75, 3.05) is 6.54 Å². The van der Waals surface area contributed by atoms with Gasteiger partial charge in [-0.3, -0.25) is 4.99 Å². The van der Waals surface area contributed by atoms with Gasteiger partial charge in [0.25, 0.3) is 0 Å². The molecule has 13 heavy (non-hydrogen) atoms. The second kappa shape index (κ2) is 3.17. The van der Waals surface area contributed by atoms with E-state index in [2.05, 4.69) is 42.8 Å². The van der Waals surface area contributed by atoms with Crippen LogP contribution >= 0.6 is 0 Å². The second-order valence-corrected chi connectivity index (χ2v) is 3.24. The molecular weight excluding hydrogens is 158 g/mol. The number of hydrogen-bond donors (Lipinski definition) is 0. The average molecular weight is 171 g/mol. The summed E-state index contributed by atoms with van der Waals surface area (Å²) in [5, 5.41) is 2.39. The van der Waals surface area contributed by atoms with E-state index in [-0.39, 0.29) is 0 Å². The lowest BCUT2D eigenvalue weighted by Crippen LogP contribution is -2.24. The van der Waals surface area contributed by atoms with Crippen molar-refractivity contribution in [3.05, 3.63) is 40.9 Å². The standard InChI is InChI=1S/C12H13N/c1-3-9(2)10-5-4-6-12-11(10)7-8-13-12/h4-7H,2-3,8H2,1H3. The molecule has 1 aliphatic rings. The zero-order valence-corrected chi connectivity index (χ0v) is 7.88. The van der Waals surface area contributed by atoms with Gasteiger partial charge >= 0.3 is 0 Å². The summed E-state index contributed by atoms with van der Waals surface area (Å²) >= 11 is 0. The molecule has 0 saturated heterocycles. The van der Waals surface area contributed by atoms with Gasteiger partial charge in [-0.1, -0.05) is 31.7 Å². The maximum Gasteiger partial charge on any atom is 0.0654 e. The Kier molecular flexibility index (Phi) is 2.01. The summed E-state index contributed by atoms with van der Waals surface area (Å²) in [5.74, 6) is 0. The van der Waals surface area contributed by atoms with Gasteiger partial charge in [0.1, 0.15) is 0 Å². The van der Waals surface area contributed by atoms with E-state index >= 15 is 0 Å². The highest BCUT2D eigenvalue weighted by atomic mass is 14.7. The molecule has 1 heteroatoms. The van der Waals surface area contributed by atoms with Crippen LogP contribution in [0.4, 0.5) is 0 Å². The van der Waals surface area contributed by atoms with E-state index in [4.69, 9.17) is 0 Å². The number of fused-ring (bicyclic) bond motifs is 1. The fourth-order valence-corrected chi connectivity index (χ4v) is 1.64. The molecule has 0 radical (unpaired) electrons. The molecule has 1 aliphatic heterocycles. The molecule has 1 nitrogen and oxygen atoms in total. The molecule has 66 valence electrons. The van der Waals surface area contributed by atoms with Gasteiger partial charge in [0, 0.05) is 5.22 Å². The molecule has 0 saturated carbocycles. The number of rotatable bonds is 2. The summed E-state index contributed by atoms with van der Waals surface area (Å²) in [5.41, 5.74) is 2.46. The summed E-state index contributed by atoms with van der Waals surface area (Å²) in [6.45, 7) is 7.01. The van der Waals surface area contributed by atoms with Crippen LogP contribution in [0.25, 0.3) is 11.6 Å². The number of benzene rings is 1. The van der Waals surface area contributed by atoms with Crippen molar-refractivity contribution in [1.29, 1.82) is 0 Å². The first-order valence-corrected chi connectivity index (χ1v) is 4.64. The Hall–Kier alpha value is -1.37. The maximum atomic E-state index is 4.38. The van der Waals surface area contributed by atoms with Crippen LogP contribution < -0.4 is 10.6 Å². The van der Waals surface area contributed by atoms with Crippen molar-refractivity contribution >= 4 is 11.6 Å². The third kappa shape index (κ3) is 1.31. The smallest absolute Gasteiger partial charge is 0.0654 e. The summed E-state index contributed by atoms with van der Waals surface area (Å²) < 4.78 is 0. The predicted molar refractivity (Wildman–Crippen MR) is 55.9 cm³/mol. The van der Waals surface area contributed by atoms with Crippen molar-refractivity contribution in [2.24, 2.45) is 4.99 Å². The Bertz CT molecular complexity index is 455. The molecule has 0 spiro atoms. The maximum absolute atomic E-state index is 4.38. The summed E-state index contributed by atoms with van der Waals surface area (Å²) in [6.07, 6.45) is 3.18. The molecule has 0 amide bonds. The van der Waals surface area contributed by atoms with Crippen LogP contribution in [-0.2, 0) is 0 Å². The average Bonchev–Trinajstić information content (AvgIpc) is 2.63. The van der Waals surface area contributed by atoms with Crippen molar-refractivity contribution in [3.8, 4) is 0 Å². The molecule has 0 aromatic heterocycles. The van der Waals surface area contributed by atoms with Gasteiger partial charge in [-0.2, -0.15) is 0 Å². The molecular formula is C12H13N. The van der Waals surface area contributed by atoms with Crippen LogP contribution in [0, 0.1) is 0 Å². The summed E-state index contributed by atoms with van der Waals surface area (Å²) in [7, 11) is 0. The zero-order chi connectivity index (χ0) is 9.26. The van der Waals surface area contributed by atoms with Gasteiger partial charge in [-0.05, 0) is 23.6 Å². The van der Waals surface area contributed by atoms with E-state index in [0.29, 0.717) is 0 Å². The van der Waals surface area contributed by atoms with Gasteiger partial charge in [0.2, 0.25) is 0 Å². The van der Waals surface area contributed by atoms with Crippen LogP contribution in [0.2, 0.25) is 0 Å². The van der Waals surface area contributed by atoms with Gasteiger partial charge in [0.15, 0.2) is 0 Å². The molecule has 0 N–H and O–H groups in total. The monoisotopic (exact) mass is 171 g/mol. The number of hydrogen-bond acceptors (Lipinski definition) is 1. The zero-order valence-electron chi connectivity index (χ0n) is 7.88. The molecule has 0 aliphatic carbocycles. The quantitative estimate of drug-likeness (QED) is 0.640. The van der Waals surface area contributed by atoms with E-state index in [1.165, 1.54) is 16.4 Å². The Morgan fingerprint density at radius 2 is 2.38 bits per heavy atom. The fraction of sp³-hybridized carbons (Fsp3) is 0.250. The minimum Gasteiger partial charge on any atom is -0.281 e. The second-order valence-electron chi connectivity index (χ2n) is 3.24. The van der Waals surface area contributed by atoms with Gasteiger partial charge in [-0.15, -0.1) is 0 Å². The first-order chi connectivity index (χ1) is 6.33. The normalized spacial score (nSPS) is 13.0. The van der Waals surface area contributed by atoms with Crippen LogP contribution in [0.1, 0.15) is 18.9 Å². The minimum absolute atomic E-state index is 0.823. The van der Waals surface area contributed by atoms with Crippen LogP contribution in [-0.4, -0.2) is 6.54 Å². The number of nitrogens with zero attached hydrogens (tertiary/aromatic N) is 1. The first kappa shape index (κ1) is 8.24. The van der Waals surface area contributed by atoms with E-state index < -0.39 is 0 Å². The van der Waals surface area contributed by atoms with Crippen molar-refractivity contribution in [3.63, 3.8) is 0 Å². The van der Waals surface area contributed by atoms with Crippen molar-refractivity contribution < 1.29 is 0 Å². The molecule has 1 aromatic rings. The van der Waals surface area contributed by atoms with Crippen molar-refractivity contribution in [2.45, 2.75) is 13.3 Å². The molecule has 0 bridgehead atoms. The highest BCUT2D eigenvalue weighted by Crippen LogP contribution is 2.09. The number of allylic oxidation sites excluding steroid dienone is 1. The molecule has 1 aromatic carbocycles. The van der Waals surface area contributed by atoms with E-state index in [1.807, 2.05) is 0 Å². The Balaban J connectivity index is 2.69. The van der Waals surface area contributed by atoms with E-state index in [1.54, 1.807) is 0 Å². The van der Waals surface area contributed by atoms with E-state index in [0.717, 1.165) is 18.3 Å². The molecule has 0 fully saturated rings. The molecule has 0 unspecified atom stereocenters. The van der Waals surface area contributed by atoms with E-state index in [9.17, 15) is 0 Å². The summed E-state index contributed by atoms with van der Waals surface area (Å²) in [4.78, 5) is 4.38. The Labute approximate surface area is 78.1 Å². The highest BCUT2D eigenvalue weighted by Gasteiger charge is 2.02. The lowest BCUT2D eigenvalue weighted by molar-refractivity contribution is 1.20. The van der Waals surface area contributed by atoms with Crippen molar-refractivity contribution in [1.82, 2.24) is 0 Å². The SMILES string of the molecule is C=C(CC)c1cccc2c1=CCN=2. The molecule has 1 heterocycles. The fourth-order valence-electron chi connectivity index (χ4n) is 1.64. The van der Waals surface area contributed by atoms with Crippen LogP contribution in [0.15, 0.2) is 29.8 Å². The van der Waals surface area contributed by atoms with Gasteiger partial charge < -0.3 is 0 Å². The summed E-state index contributed by atoms with van der Waals surface area (Å²) in [6, 6.07) is 6.24. The first-order valence-electron chi connectivity index (χ1n) is 4.64. The van der Waals surface area contributed by atoms with Crippen LogP contribution in [0.3, 0.4) is 0 Å². The topological polar surface area (TPSA) is 12.4 Å². The third-order valence-corrected chi connectivity index (χ3v) is 2.45. The third-order valence-electron chi connectivity index (χ3n) is 2.45. The van der Waals surface area contributed by atoms with Crippen LogP contribution in [0.5, 0.6) is 0 Å². The Morgan fingerprint density at radius 1 is 1.54 bits per heavy atom. The predicted octanol–water partition coefficient (Wildman–Crippen LogP) is 1.52. The largest absolute Gasteiger partial charge is 0.281 e. The van der Waals surface area contributed by atoms with Gasteiger partial charge in [0.05, 0.1) is 11.9 Å². The lowest BCUT2D eigenvalue weighted by atomic mass is 10.0. The minimum atomic E-state index is 0.823. The van der Waals surface area contributed by atoms with Gasteiger partial charge in [-0.25, -0.2) is 0 Å². The molecule has 2 rings (SSSR count). The Morgan fingerprint density at radius 3 is 3.15 bits per heavy atom. The molecule has 0 atom stereocenters. The lowest BCUT2D eigenvalue weighted by Gasteiger charge is -2.01. The highest BCUT2D eigenvalue weighted by molar-refractivity contribution is 5.64.